The predicted octanol–water partition coefficient (Wildman–Crippen LogP) is 2.90. The maximum Gasteiger partial charge on any atom is 0.411 e. The molecule has 2 aromatic carbocycles. The van der Waals surface area contributed by atoms with Crippen molar-refractivity contribution in [3.05, 3.63) is 54.6 Å². The highest BCUT2D eigenvalue weighted by atomic mass is 16.6. The minimum Gasteiger partial charge on any atom is -0.490 e. The van der Waals surface area contributed by atoms with Gasteiger partial charge in [-0.2, -0.15) is 0 Å². The van der Waals surface area contributed by atoms with E-state index < -0.39 is 6.09 Å². The smallest absolute Gasteiger partial charge is 0.411 e. The second-order valence-corrected chi connectivity index (χ2v) is 4.05. The maximum atomic E-state index is 11.5. The second-order valence-electron chi connectivity index (χ2n) is 4.05. The molecule has 0 atom stereocenters. The number of amides is 1. The van der Waals surface area contributed by atoms with Crippen molar-refractivity contribution < 1.29 is 14.3 Å². The summed E-state index contributed by atoms with van der Waals surface area (Å²) in [4.78, 5) is 11.5. The van der Waals surface area contributed by atoms with Crippen molar-refractivity contribution in [2.24, 2.45) is 0 Å². The average Bonchev–Trinajstić information content (AvgIpc) is 2.45. The van der Waals surface area contributed by atoms with Gasteiger partial charge in [0.25, 0.3) is 0 Å². The summed E-state index contributed by atoms with van der Waals surface area (Å²) in [5.41, 5.74) is 6.78. The Morgan fingerprint density at radius 3 is 2.60 bits per heavy atom. The van der Waals surface area contributed by atoms with Crippen LogP contribution < -0.4 is 15.8 Å². The molecule has 0 aliphatic rings. The van der Waals surface area contributed by atoms with Crippen LogP contribution in [0, 0.1) is 0 Å². The summed E-state index contributed by atoms with van der Waals surface area (Å²) in [6.45, 7) is 0.470. The van der Waals surface area contributed by atoms with Crippen LogP contribution in [0.1, 0.15) is 0 Å². The number of benzene rings is 2. The zero-order chi connectivity index (χ0) is 14.2. The molecular weight excluding hydrogens is 256 g/mol. The number of para-hydroxylation sites is 1. The standard InChI is InChI=1S/C15H16N2O3/c16-12-5-4-6-13(11-12)17-15(18)20-10-9-19-14-7-2-1-3-8-14/h1-8,11H,9-10,16H2,(H,17,18). The van der Waals surface area contributed by atoms with Crippen molar-refractivity contribution >= 4 is 17.5 Å². The molecule has 0 fully saturated rings. The summed E-state index contributed by atoms with van der Waals surface area (Å²) in [6, 6.07) is 16.2. The Morgan fingerprint density at radius 2 is 1.85 bits per heavy atom. The lowest BCUT2D eigenvalue weighted by Gasteiger charge is -2.08. The first-order valence-electron chi connectivity index (χ1n) is 6.21. The summed E-state index contributed by atoms with van der Waals surface area (Å²) >= 11 is 0. The van der Waals surface area contributed by atoms with Crippen LogP contribution in [-0.4, -0.2) is 19.3 Å². The quantitative estimate of drug-likeness (QED) is 0.648. The molecule has 0 radical (unpaired) electrons. The monoisotopic (exact) mass is 272 g/mol. The summed E-state index contributed by atoms with van der Waals surface area (Å²) in [6.07, 6.45) is -0.535. The van der Waals surface area contributed by atoms with Gasteiger partial charge in [-0.05, 0) is 30.3 Å². The summed E-state index contributed by atoms with van der Waals surface area (Å²) in [5.74, 6) is 0.743. The number of hydrogen-bond acceptors (Lipinski definition) is 4. The number of nitrogens with two attached hydrogens (primary N) is 1. The van der Waals surface area contributed by atoms with Gasteiger partial charge in [0.2, 0.25) is 0 Å². The third kappa shape index (κ3) is 4.53. The van der Waals surface area contributed by atoms with Crippen LogP contribution in [0.2, 0.25) is 0 Å². The second kappa shape index (κ2) is 7.04. The van der Waals surface area contributed by atoms with Crippen molar-refractivity contribution in [1.82, 2.24) is 0 Å². The van der Waals surface area contributed by atoms with E-state index in [0.717, 1.165) is 5.75 Å². The van der Waals surface area contributed by atoms with Crippen LogP contribution in [0.15, 0.2) is 54.6 Å². The van der Waals surface area contributed by atoms with Crippen molar-refractivity contribution in [3.8, 4) is 5.75 Å². The summed E-state index contributed by atoms with van der Waals surface area (Å²) < 4.78 is 10.4. The van der Waals surface area contributed by atoms with E-state index in [1.54, 1.807) is 24.3 Å². The van der Waals surface area contributed by atoms with E-state index in [1.165, 1.54) is 0 Å². The lowest BCUT2D eigenvalue weighted by atomic mass is 10.3. The molecule has 0 saturated heterocycles. The molecule has 0 aliphatic heterocycles. The Labute approximate surface area is 117 Å². The molecule has 5 nitrogen and oxygen atoms in total. The first kappa shape index (κ1) is 13.7. The molecule has 0 aromatic heterocycles. The van der Waals surface area contributed by atoms with Crippen LogP contribution in [-0.2, 0) is 4.74 Å². The Kier molecular flexibility index (Phi) is 4.83. The largest absolute Gasteiger partial charge is 0.490 e. The van der Waals surface area contributed by atoms with Gasteiger partial charge in [-0.3, -0.25) is 5.32 Å². The molecule has 1 amide bonds. The normalized spacial score (nSPS) is 9.80. The zero-order valence-corrected chi connectivity index (χ0v) is 10.9. The molecule has 0 spiro atoms. The molecule has 5 heteroatoms. The number of anilines is 2. The molecule has 0 bridgehead atoms. The van der Waals surface area contributed by atoms with Gasteiger partial charge in [0.15, 0.2) is 0 Å². The van der Waals surface area contributed by atoms with E-state index in [4.69, 9.17) is 15.2 Å². The maximum absolute atomic E-state index is 11.5. The zero-order valence-electron chi connectivity index (χ0n) is 10.9. The van der Waals surface area contributed by atoms with Crippen molar-refractivity contribution in [3.63, 3.8) is 0 Å². The molecule has 2 aromatic rings. The van der Waals surface area contributed by atoms with Crippen LogP contribution in [0.25, 0.3) is 0 Å². The SMILES string of the molecule is Nc1cccc(NC(=O)OCCOc2ccccc2)c1. The number of carbonyl (C=O) groups excluding carboxylic acids is 1. The number of carbonyl (C=O) groups is 1. The Balaban J connectivity index is 1.68. The highest BCUT2D eigenvalue weighted by Crippen LogP contribution is 2.12. The fourth-order valence-corrected chi connectivity index (χ4v) is 1.58. The van der Waals surface area contributed by atoms with Gasteiger partial charge >= 0.3 is 6.09 Å². The molecular formula is C15H16N2O3. The number of nitrogen functional groups attached to an aromatic ring is 1. The van der Waals surface area contributed by atoms with Gasteiger partial charge in [0.05, 0.1) is 0 Å². The fraction of sp³-hybridized carbons (Fsp3) is 0.133. The van der Waals surface area contributed by atoms with Gasteiger partial charge in [-0.25, -0.2) is 4.79 Å². The number of rotatable bonds is 5. The highest BCUT2D eigenvalue weighted by Gasteiger charge is 2.03. The van der Waals surface area contributed by atoms with Gasteiger partial charge in [0, 0.05) is 11.4 Å². The minimum atomic E-state index is -0.535. The molecule has 3 N–H and O–H groups in total. The van der Waals surface area contributed by atoms with Crippen LogP contribution in [0.4, 0.5) is 16.2 Å². The molecule has 20 heavy (non-hydrogen) atoms. The fourth-order valence-electron chi connectivity index (χ4n) is 1.58. The summed E-state index contributed by atoms with van der Waals surface area (Å²) in [5, 5.41) is 2.58. The molecule has 0 saturated carbocycles. The number of ether oxygens (including phenoxy) is 2. The predicted molar refractivity (Wildman–Crippen MR) is 77.8 cm³/mol. The molecule has 0 unspecified atom stereocenters. The minimum absolute atomic E-state index is 0.170. The summed E-state index contributed by atoms with van der Waals surface area (Å²) in [7, 11) is 0. The van der Waals surface area contributed by atoms with Crippen molar-refractivity contribution in [1.29, 1.82) is 0 Å². The van der Waals surface area contributed by atoms with E-state index in [9.17, 15) is 4.79 Å². The lowest BCUT2D eigenvalue weighted by Crippen LogP contribution is -2.17. The van der Waals surface area contributed by atoms with Crippen LogP contribution in [0.3, 0.4) is 0 Å². The molecule has 0 heterocycles. The van der Waals surface area contributed by atoms with Gasteiger partial charge < -0.3 is 15.2 Å². The van der Waals surface area contributed by atoms with Gasteiger partial charge in [-0.1, -0.05) is 24.3 Å². The number of hydrogen-bond donors (Lipinski definition) is 2. The third-order valence-electron chi connectivity index (χ3n) is 2.46. The third-order valence-corrected chi connectivity index (χ3v) is 2.46. The van der Waals surface area contributed by atoms with Crippen molar-refractivity contribution in [2.75, 3.05) is 24.3 Å². The Bertz CT molecular complexity index is 558. The lowest BCUT2D eigenvalue weighted by molar-refractivity contribution is 0.138. The van der Waals surface area contributed by atoms with Crippen LogP contribution in [0.5, 0.6) is 5.75 Å². The van der Waals surface area contributed by atoms with Crippen LogP contribution >= 0.6 is 0 Å². The average molecular weight is 272 g/mol. The molecule has 104 valence electrons. The number of nitrogens with one attached hydrogen (secondary N) is 1. The van der Waals surface area contributed by atoms with E-state index in [2.05, 4.69) is 5.32 Å². The van der Waals surface area contributed by atoms with E-state index in [1.807, 2.05) is 30.3 Å². The molecule has 2 rings (SSSR count). The van der Waals surface area contributed by atoms with E-state index >= 15 is 0 Å². The topological polar surface area (TPSA) is 73.6 Å². The van der Waals surface area contributed by atoms with Crippen molar-refractivity contribution in [2.45, 2.75) is 0 Å². The van der Waals surface area contributed by atoms with E-state index in [-0.39, 0.29) is 6.61 Å². The first-order valence-corrected chi connectivity index (χ1v) is 6.21. The Hall–Kier alpha value is -2.69. The van der Waals surface area contributed by atoms with E-state index in [0.29, 0.717) is 18.0 Å². The molecule has 0 aliphatic carbocycles. The Morgan fingerprint density at radius 1 is 1.05 bits per heavy atom. The highest BCUT2D eigenvalue weighted by molar-refractivity contribution is 5.85. The van der Waals surface area contributed by atoms with Gasteiger partial charge in [-0.15, -0.1) is 0 Å². The first-order chi connectivity index (χ1) is 9.74. The van der Waals surface area contributed by atoms with Gasteiger partial charge in [0.1, 0.15) is 19.0 Å².